The Morgan fingerprint density at radius 1 is 1.00 bits per heavy atom. The quantitative estimate of drug-likeness (QED) is 0.673. The average Bonchev–Trinajstić information content (AvgIpc) is 2.41. The van der Waals surface area contributed by atoms with Crippen molar-refractivity contribution in [2.24, 2.45) is 0 Å². The smallest absolute Gasteiger partial charge is 0.226 e. The Morgan fingerprint density at radius 2 is 1.47 bits per heavy atom. The normalized spacial score (nSPS) is 21.4. The molecular weight excluding hydrogens is 259 g/mol. The van der Waals surface area contributed by atoms with Crippen LogP contribution in [-0.4, -0.2) is 47.0 Å². The van der Waals surface area contributed by atoms with Gasteiger partial charge in [-0.1, -0.05) is 34.1 Å². The van der Waals surface area contributed by atoms with E-state index in [1.165, 1.54) is 0 Å². The fourth-order valence-electron chi connectivity index (χ4n) is 3.15. The van der Waals surface area contributed by atoms with E-state index in [9.17, 15) is 9.36 Å². The van der Waals surface area contributed by atoms with Crippen LogP contribution < -0.4 is 0 Å². The maximum atomic E-state index is 13.7. The summed E-state index contributed by atoms with van der Waals surface area (Å²) in [6.45, 7) is 11.1. The van der Waals surface area contributed by atoms with Gasteiger partial charge in [0, 0.05) is 32.6 Å². The molecule has 0 radical (unpaired) electrons. The van der Waals surface area contributed by atoms with E-state index in [1.807, 2.05) is 37.0 Å². The Hall–Kier alpha value is -0.180. The molecule has 0 spiro atoms. The van der Waals surface area contributed by atoms with Crippen molar-refractivity contribution < 1.29 is 9.36 Å². The van der Waals surface area contributed by atoms with Gasteiger partial charge in [-0.2, -0.15) is 0 Å². The molecule has 1 fully saturated rings. The van der Waals surface area contributed by atoms with E-state index in [4.69, 9.17) is 0 Å². The molecule has 5 heteroatoms. The number of nitrogens with zero attached hydrogens (tertiary/aromatic N) is 2. The molecule has 0 aliphatic heterocycles. The van der Waals surface area contributed by atoms with Gasteiger partial charge >= 0.3 is 0 Å². The van der Waals surface area contributed by atoms with Crippen LogP contribution in [0.4, 0.5) is 0 Å². The van der Waals surface area contributed by atoms with Gasteiger partial charge in [0.1, 0.15) is 5.78 Å². The maximum Gasteiger partial charge on any atom is 0.226 e. The lowest BCUT2D eigenvalue weighted by Gasteiger charge is -2.42. The van der Waals surface area contributed by atoms with Crippen molar-refractivity contribution in [2.45, 2.75) is 59.0 Å². The molecule has 112 valence electrons. The third-order valence-electron chi connectivity index (χ3n) is 4.20. The Balaban J connectivity index is 3.16. The number of carbonyl (C=O) groups excluding carboxylic acids is 1. The van der Waals surface area contributed by atoms with Gasteiger partial charge in [0.15, 0.2) is 0 Å². The molecule has 0 aromatic rings. The predicted octanol–water partition coefficient (Wildman–Crippen LogP) is 3.37. The number of carbonyl (C=O) groups is 1. The zero-order valence-electron chi connectivity index (χ0n) is 12.9. The SMILES string of the molecule is CCN(CC)P(=O)(C1CCCCC1=O)N(CC)CC. The van der Waals surface area contributed by atoms with Crippen molar-refractivity contribution in [3.8, 4) is 0 Å². The van der Waals surface area contributed by atoms with Gasteiger partial charge in [-0.05, 0) is 12.8 Å². The van der Waals surface area contributed by atoms with Gasteiger partial charge in [-0.15, -0.1) is 0 Å². The van der Waals surface area contributed by atoms with Crippen molar-refractivity contribution in [3.63, 3.8) is 0 Å². The first kappa shape index (κ1) is 16.9. The summed E-state index contributed by atoms with van der Waals surface area (Å²) in [5.74, 6) is 0.216. The maximum absolute atomic E-state index is 13.7. The first-order chi connectivity index (χ1) is 9.05. The van der Waals surface area contributed by atoms with Crippen molar-refractivity contribution in [2.75, 3.05) is 26.2 Å². The lowest BCUT2D eigenvalue weighted by molar-refractivity contribution is -0.120. The van der Waals surface area contributed by atoms with Crippen LogP contribution in [0.15, 0.2) is 0 Å². The standard InChI is InChI=1S/C14H29N2O2P/c1-5-15(6-2)19(18,16(7-3)8-4)14-12-10-9-11-13(14)17/h14H,5-12H2,1-4H3. The Morgan fingerprint density at radius 3 is 1.84 bits per heavy atom. The fraction of sp³-hybridized carbons (Fsp3) is 0.929. The highest BCUT2D eigenvalue weighted by Gasteiger charge is 2.45. The second kappa shape index (κ2) is 7.56. The average molecular weight is 288 g/mol. The molecular formula is C14H29N2O2P. The summed E-state index contributed by atoms with van der Waals surface area (Å²) in [7, 11) is -2.75. The summed E-state index contributed by atoms with van der Waals surface area (Å²) in [4.78, 5) is 12.3. The minimum Gasteiger partial charge on any atom is -0.299 e. The molecule has 1 aliphatic rings. The van der Waals surface area contributed by atoms with Crippen LogP contribution in [-0.2, 0) is 9.36 Å². The third-order valence-corrected chi connectivity index (χ3v) is 8.31. The summed E-state index contributed by atoms with van der Waals surface area (Å²) in [5, 5.41) is 0. The van der Waals surface area contributed by atoms with Crippen LogP contribution >= 0.6 is 7.44 Å². The fourth-order valence-corrected chi connectivity index (χ4v) is 6.94. The highest BCUT2D eigenvalue weighted by atomic mass is 31.2. The van der Waals surface area contributed by atoms with E-state index in [0.29, 0.717) is 6.42 Å². The highest BCUT2D eigenvalue weighted by molar-refractivity contribution is 7.60. The van der Waals surface area contributed by atoms with Crippen molar-refractivity contribution >= 4 is 13.2 Å². The molecule has 1 saturated carbocycles. The largest absolute Gasteiger partial charge is 0.299 e. The van der Waals surface area contributed by atoms with Gasteiger partial charge in [-0.3, -0.25) is 9.36 Å². The molecule has 0 aromatic carbocycles. The van der Waals surface area contributed by atoms with Gasteiger partial charge in [-0.25, -0.2) is 9.34 Å². The number of hydrogen-bond acceptors (Lipinski definition) is 2. The number of Topliss-reactive ketones (excluding diaryl/α,β-unsaturated/α-hetero) is 1. The van der Waals surface area contributed by atoms with Crippen LogP contribution in [0.1, 0.15) is 53.4 Å². The van der Waals surface area contributed by atoms with Crippen molar-refractivity contribution in [3.05, 3.63) is 0 Å². The van der Waals surface area contributed by atoms with Crippen molar-refractivity contribution in [1.29, 1.82) is 0 Å². The van der Waals surface area contributed by atoms with E-state index in [-0.39, 0.29) is 11.4 Å². The topological polar surface area (TPSA) is 40.6 Å². The molecule has 1 atom stereocenters. The Labute approximate surface area is 118 Å². The summed E-state index contributed by atoms with van der Waals surface area (Å²) in [6, 6.07) is 0. The highest BCUT2D eigenvalue weighted by Crippen LogP contribution is 2.59. The van der Waals surface area contributed by atoms with Gasteiger partial charge in [0.05, 0.1) is 5.66 Å². The molecule has 0 aromatic heterocycles. The first-order valence-electron chi connectivity index (χ1n) is 7.69. The minimum atomic E-state index is -2.75. The van der Waals surface area contributed by atoms with E-state index >= 15 is 0 Å². The summed E-state index contributed by atoms with van der Waals surface area (Å²) >= 11 is 0. The number of ketones is 1. The molecule has 1 aliphatic carbocycles. The third kappa shape index (κ3) is 3.29. The van der Waals surface area contributed by atoms with Gasteiger partial charge in [0.25, 0.3) is 0 Å². The summed E-state index contributed by atoms with van der Waals surface area (Å²) < 4.78 is 17.8. The van der Waals surface area contributed by atoms with Crippen molar-refractivity contribution in [1.82, 2.24) is 9.34 Å². The zero-order chi connectivity index (χ0) is 14.5. The molecule has 1 unspecified atom stereocenters. The van der Waals surface area contributed by atoms with Crippen LogP contribution in [0.3, 0.4) is 0 Å². The number of rotatable bonds is 7. The Bertz CT molecular complexity index is 322. The van der Waals surface area contributed by atoms with Gasteiger partial charge < -0.3 is 0 Å². The molecule has 0 heterocycles. The Kier molecular flexibility index (Phi) is 6.72. The summed E-state index contributed by atoms with van der Waals surface area (Å²) in [6.07, 6.45) is 3.40. The molecule has 0 N–H and O–H groups in total. The van der Waals surface area contributed by atoms with E-state index in [2.05, 4.69) is 0 Å². The second-order valence-corrected chi connectivity index (χ2v) is 8.03. The monoisotopic (exact) mass is 288 g/mol. The molecule has 0 bridgehead atoms. The van der Waals surface area contributed by atoms with E-state index < -0.39 is 7.44 Å². The molecule has 0 amide bonds. The van der Waals surface area contributed by atoms with Crippen LogP contribution in [0, 0.1) is 0 Å². The molecule has 0 saturated heterocycles. The zero-order valence-corrected chi connectivity index (χ0v) is 13.8. The molecule has 4 nitrogen and oxygen atoms in total. The van der Waals surface area contributed by atoms with E-state index in [0.717, 1.165) is 45.4 Å². The first-order valence-corrected chi connectivity index (χ1v) is 9.37. The molecule has 19 heavy (non-hydrogen) atoms. The second-order valence-electron chi connectivity index (χ2n) is 5.09. The predicted molar refractivity (Wildman–Crippen MR) is 80.7 cm³/mol. The number of hydrogen-bond donors (Lipinski definition) is 0. The summed E-state index contributed by atoms with van der Waals surface area (Å²) in [5.41, 5.74) is -0.263. The minimum absolute atomic E-state index is 0.216. The van der Waals surface area contributed by atoms with Crippen LogP contribution in [0.5, 0.6) is 0 Å². The lowest BCUT2D eigenvalue weighted by Crippen LogP contribution is -2.41. The molecule has 1 rings (SSSR count). The van der Waals surface area contributed by atoms with Crippen LogP contribution in [0.25, 0.3) is 0 Å². The van der Waals surface area contributed by atoms with Crippen LogP contribution in [0.2, 0.25) is 0 Å². The van der Waals surface area contributed by atoms with E-state index in [1.54, 1.807) is 0 Å². The van der Waals surface area contributed by atoms with Gasteiger partial charge in [0.2, 0.25) is 7.44 Å². The lowest BCUT2D eigenvalue weighted by atomic mass is 9.99.